The van der Waals surface area contributed by atoms with Crippen LogP contribution in [0.4, 0.5) is 0 Å². The third kappa shape index (κ3) is 3.33. The van der Waals surface area contributed by atoms with Gasteiger partial charge in [0.25, 0.3) is 12.2 Å². The van der Waals surface area contributed by atoms with E-state index in [1.165, 1.54) is 6.20 Å². The Morgan fingerprint density at radius 3 is 2.62 bits per heavy atom. The molecule has 26 heavy (non-hydrogen) atoms. The molecule has 0 amide bonds. The number of nitrogens with one attached hydrogen (secondary N) is 1. The third-order valence-corrected chi connectivity index (χ3v) is 4.10. The zero-order valence-electron chi connectivity index (χ0n) is 14.1. The quantitative estimate of drug-likeness (QED) is 0.367. The van der Waals surface area contributed by atoms with Gasteiger partial charge in [0.15, 0.2) is 0 Å². The van der Waals surface area contributed by atoms with Gasteiger partial charge in [-0.05, 0) is 12.1 Å². The first-order valence-electron chi connectivity index (χ1n) is 8.23. The normalized spacial score (nSPS) is 13.1. The number of aromatic nitrogens is 1. The van der Waals surface area contributed by atoms with Crippen LogP contribution in [0.5, 0.6) is 0 Å². The standard InChI is InChI=1S/C20H19N3O3/c21-10-11-23-20(26-14-24,17-7-2-1-3-8-17)19(25)16-12-15-6-4-5-9-18(15)22-13-16/h1-9,12-14,23H,10-11,21H2. The summed E-state index contributed by atoms with van der Waals surface area (Å²) < 4.78 is 5.32. The van der Waals surface area contributed by atoms with Crippen LogP contribution in [-0.4, -0.2) is 30.3 Å². The maximum atomic E-state index is 13.4. The molecule has 1 unspecified atom stereocenters. The van der Waals surface area contributed by atoms with E-state index >= 15 is 0 Å². The van der Waals surface area contributed by atoms with Crippen LogP contribution < -0.4 is 11.1 Å². The fourth-order valence-electron chi connectivity index (χ4n) is 2.87. The Labute approximate surface area is 151 Å². The fraction of sp³-hybridized carbons (Fsp3) is 0.150. The van der Waals surface area contributed by atoms with Gasteiger partial charge in [-0.25, -0.2) is 0 Å². The minimum absolute atomic E-state index is 0.267. The Morgan fingerprint density at radius 1 is 1.15 bits per heavy atom. The topological polar surface area (TPSA) is 94.3 Å². The Morgan fingerprint density at radius 2 is 1.88 bits per heavy atom. The van der Waals surface area contributed by atoms with Crippen LogP contribution in [0.25, 0.3) is 10.9 Å². The van der Waals surface area contributed by atoms with Crippen molar-refractivity contribution in [3.05, 3.63) is 78.0 Å². The number of rotatable bonds is 8. The van der Waals surface area contributed by atoms with E-state index in [-0.39, 0.29) is 19.6 Å². The predicted octanol–water partition coefficient (Wildman–Crippen LogP) is 1.99. The van der Waals surface area contributed by atoms with Crippen molar-refractivity contribution < 1.29 is 14.3 Å². The Hall–Kier alpha value is -3.09. The maximum absolute atomic E-state index is 13.4. The molecular weight excluding hydrogens is 330 g/mol. The van der Waals surface area contributed by atoms with Crippen LogP contribution >= 0.6 is 0 Å². The molecule has 1 aromatic heterocycles. The lowest BCUT2D eigenvalue weighted by atomic mass is 9.93. The van der Waals surface area contributed by atoms with Crippen molar-refractivity contribution in [3.63, 3.8) is 0 Å². The third-order valence-electron chi connectivity index (χ3n) is 4.10. The molecule has 3 aromatic rings. The molecule has 6 heteroatoms. The van der Waals surface area contributed by atoms with Crippen molar-refractivity contribution in [3.8, 4) is 0 Å². The van der Waals surface area contributed by atoms with Crippen LogP contribution in [0.3, 0.4) is 0 Å². The maximum Gasteiger partial charge on any atom is 0.295 e. The van der Waals surface area contributed by atoms with E-state index in [0.717, 1.165) is 10.9 Å². The van der Waals surface area contributed by atoms with E-state index in [2.05, 4.69) is 10.3 Å². The first-order valence-corrected chi connectivity index (χ1v) is 8.23. The highest BCUT2D eigenvalue weighted by Gasteiger charge is 2.42. The molecule has 3 rings (SSSR count). The number of fused-ring (bicyclic) bond motifs is 1. The summed E-state index contributed by atoms with van der Waals surface area (Å²) in [5, 5.41) is 3.81. The summed E-state index contributed by atoms with van der Waals surface area (Å²) in [7, 11) is 0. The van der Waals surface area contributed by atoms with E-state index in [0.29, 0.717) is 11.1 Å². The number of Topliss-reactive ketones (excluding diaryl/α,β-unsaturated/α-hetero) is 1. The van der Waals surface area contributed by atoms with Gasteiger partial charge in [0, 0.05) is 35.8 Å². The number of carbonyl (C=O) groups is 2. The van der Waals surface area contributed by atoms with Gasteiger partial charge < -0.3 is 10.5 Å². The van der Waals surface area contributed by atoms with Crippen molar-refractivity contribution >= 4 is 23.2 Å². The minimum atomic E-state index is -1.66. The van der Waals surface area contributed by atoms with Crippen LogP contribution in [0.15, 0.2) is 66.9 Å². The van der Waals surface area contributed by atoms with E-state index in [1.807, 2.05) is 30.3 Å². The van der Waals surface area contributed by atoms with Gasteiger partial charge in [-0.15, -0.1) is 0 Å². The highest BCUT2D eigenvalue weighted by atomic mass is 16.6. The van der Waals surface area contributed by atoms with Crippen molar-refractivity contribution in [1.29, 1.82) is 0 Å². The second-order valence-electron chi connectivity index (χ2n) is 5.72. The molecule has 0 aliphatic rings. The number of hydrogen-bond acceptors (Lipinski definition) is 6. The SMILES string of the molecule is NCCNC(OC=O)(C(=O)c1cnc2ccccc2c1)c1ccccc1. The molecule has 0 saturated heterocycles. The first kappa shape index (κ1) is 17.7. The van der Waals surface area contributed by atoms with Gasteiger partial charge in [-0.1, -0.05) is 48.5 Å². The number of carbonyl (C=O) groups excluding carboxylic acids is 2. The van der Waals surface area contributed by atoms with Gasteiger partial charge in [-0.3, -0.25) is 19.9 Å². The van der Waals surface area contributed by atoms with Gasteiger partial charge >= 0.3 is 0 Å². The number of ketones is 1. The first-order chi connectivity index (χ1) is 12.7. The Bertz CT molecular complexity index is 914. The Kier molecular flexibility index (Phi) is 5.36. The second-order valence-corrected chi connectivity index (χ2v) is 5.72. The molecule has 0 spiro atoms. The van der Waals surface area contributed by atoms with E-state index in [9.17, 15) is 9.59 Å². The summed E-state index contributed by atoms with van der Waals surface area (Å²) in [6.07, 6.45) is 1.49. The number of pyridine rings is 1. The van der Waals surface area contributed by atoms with Crippen molar-refractivity contribution in [2.45, 2.75) is 5.72 Å². The zero-order valence-corrected chi connectivity index (χ0v) is 14.1. The number of ether oxygens (including phenoxy) is 1. The second kappa shape index (κ2) is 7.86. The van der Waals surface area contributed by atoms with E-state index in [4.69, 9.17) is 10.5 Å². The molecule has 1 atom stereocenters. The molecule has 0 saturated carbocycles. The molecule has 2 aromatic carbocycles. The summed E-state index contributed by atoms with van der Waals surface area (Å²) in [6, 6.07) is 18.0. The van der Waals surface area contributed by atoms with Crippen molar-refractivity contribution in [2.24, 2.45) is 5.73 Å². The number of nitrogens with zero attached hydrogens (tertiary/aromatic N) is 1. The van der Waals surface area contributed by atoms with Crippen molar-refractivity contribution in [2.75, 3.05) is 13.1 Å². The molecule has 0 aliphatic carbocycles. The lowest BCUT2D eigenvalue weighted by Gasteiger charge is -2.31. The summed E-state index contributed by atoms with van der Waals surface area (Å²) in [6.45, 7) is 0.832. The molecule has 3 N–H and O–H groups in total. The zero-order chi connectivity index (χ0) is 18.4. The molecule has 0 bridgehead atoms. The van der Waals surface area contributed by atoms with Gasteiger partial charge in [0.05, 0.1) is 5.52 Å². The highest BCUT2D eigenvalue weighted by molar-refractivity contribution is 6.05. The Balaban J connectivity index is 2.11. The average Bonchev–Trinajstić information content (AvgIpc) is 2.71. The highest BCUT2D eigenvalue weighted by Crippen LogP contribution is 2.28. The molecule has 1 heterocycles. The monoisotopic (exact) mass is 349 g/mol. The van der Waals surface area contributed by atoms with Gasteiger partial charge in [0.2, 0.25) is 5.78 Å². The smallest absolute Gasteiger partial charge is 0.295 e. The molecular formula is C20H19N3O3. The van der Waals surface area contributed by atoms with Crippen LogP contribution in [-0.2, 0) is 15.3 Å². The summed E-state index contributed by atoms with van der Waals surface area (Å²) >= 11 is 0. The van der Waals surface area contributed by atoms with Gasteiger partial charge in [0.1, 0.15) is 0 Å². The van der Waals surface area contributed by atoms with Crippen molar-refractivity contribution in [1.82, 2.24) is 10.3 Å². The fourth-order valence-corrected chi connectivity index (χ4v) is 2.87. The summed E-state index contributed by atoms with van der Waals surface area (Å²) in [4.78, 5) is 29.0. The largest absolute Gasteiger partial charge is 0.434 e. The average molecular weight is 349 g/mol. The summed E-state index contributed by atoms with van der Waals surface area (Å²) in [5.74, 6) is -0.414. The minimum Gasteiger partial charge on any atom is -0.434 e. The number of para-hydroxylation sites is 1. The summed E-state index contributed by atoms with van der Waals surface area (Å²) in [5.41, 5.74) is 5.56. The number of nitrogens with two attached hydrogens (primary N) is 1. The molecule has 0 fully saturated rings. The van der Waals surface area contributed by atoms with E-state index in [1.54, 1.807) is 30.3 Å². The van der Waals surface area contributed by atoms with Crippen LogP contribution in [0, 0.1) is 0 Å². The van der Waals surface area contributed by atoms with Gasteiger partial charge in [-0.2, -0.15) is 0 Å². The van der Waals surface area contributed by atoms with E-state index < -0.39 is 11.5 Å². The van der Waals surface area contributed by atoms with Crippen LogP contribution in [0.2, 0.25) is 0 Å². The lowest BCUT2D eigenvalue weighted by molar-refractivity contribution is -0.143. The molecule has 0 aliphatic heterocycles. The number of benzene rings is 2. The lowest BCUT2D eigenvalue weighted by Crippen LogP contribution is -2.52. The number of hydrogen-bond donors (Lipinski definition) is 2. The molecule has 6 nitrogen and oxygen atoms in total. The molecule has 132 valence electrons. The molecule has 0 radical (unpaired) electrons. The van der Waals surface area contributed by atoms with Crippen LogP contribution in [0.1, 0.15) is 15.9 Å². The predicted molar refractivity (Wildman–Crippen MR) is 98.4 cm³/mol.